The lowest BCUT2D eigenvalue weighted by molar-refractivity contribution is -0.119. The molecule has 17 heavy (non-hydrogen) atoms. The number of rotatable bonds is 3. The molecule has 2 rings (SSSR count). The van der Waals surface area contributed by atoms with Crippen LogP contribution in [-0.2, 0) is 9.53 Å². The van der Waals surface area contributed by atoms with Crippen molar-refractivity contribution in [3.63, 3.8) is 0 Å². The van der Waals surface area contributed by atoms with Gasteiger partial charge in [0.25, 0.3) is 0 Å². The van der Waals surface area contributed by atoms with E-state index in [1.54, 1.807) is 25.3 Å². The minimum Gasteiger partial charge on any atom is -0.494 e. The molecule has 1 amide bonds. The Kier molecular flexibility index (Phi) is 3.49. The average Bonchev–Trinajstić information content (AvgIpc) is 2.85. The summed E-state index contributed by atoms with van der Waals surface area (Å²) in [6.45, 7) is 1.14. The first-order valence-electron chi connectivity index (χ1n) is 5.53. The first kappa shape index (κ1) is 11.7. The number of hydrogen-bond acceptors (Lipinski definition) is 4. The van der Waals surface area contributed by atoms with Crippen molar-refractivity contribution in [1.29, 1.82) is 0 Å². The predicted octanol–water partition coefficient (Wildman–Crippen LogP) is 1.25. The summed E-state index contributed by atoms with van der Waals surface area (Å²) in [5.74, 6) is 0.458. The van der Waals surface area contributed by atoms with Crippen LogP contribution in [0.3, 0.4) is 0 Å². The van der Waals surface area contributed by atoms with E-state index in [0.717, 1.165) is 6.42 Å². The monoisotopic (exact) mass is 236 g/mol. The number of ether oxygens (including phenoxy) is 2. The summed E-state index contributed by atoms with van der Waals surface area (Å²) in [6, 6.07) is 5.14. The van der Waals surface area contributed by atoms with Gasteiger partial charge in [-0.3, -0.25) is 4.79 Å². The standard InChI is InChI=1S/C12H16N2O3/c1-16-11-6-9(13)2-3-10(11)14-12(15)8-4-5-17-7-8/h2-3,6,8H,4-5,7,13H2,1H3,(H,14,15). The highest BCUT2D eigenvalue weighted by Crippen LogP contribution is 2.27. The average molecular weight is 236 g/mol. The van der Waals surface area contributed by atoms with E-state index in [0.29, 0.717) is 30.3 Å². The van der Waals surface area contributed by atoms with E-state index in [9.17, 15) is 4.79 Å². The maximum absolute atomic E-state index is 11.9. The van der Waals surface area contributed by atoms with Gasteiger partial charge in [-0.25, -0.2) is 0 Å². The zero-order chi connectivity index (χ0) is 12.3. The lowest BCUT2D eigenvalue weighted by atomic mass is 10.1. The van der Waals surface area contributed by atoms with Gasteiger partial charge in [0.2, 0.25) is 5.91 Å². The summed E-state index contributed by atoms with van der Waals surface area (Å²) in [4.78, 5) is 11.9. The minimum absolute atomic E-state index is 0.0365. The number of benzene rings is 1. The smallest absolute Gasteiger partial charge is 0.230 e. The van der Waals surface area contributed by atoms with Crippen LogP contribution in [-0.4, -0.2) is 26.2 Å². The van der Waals surface area contributed by atoms with Crippen LogP contribution in [0.5, 0.6) is 5.75 Å². The highest BCUT2D eigenvalue weighted by molar-refractivity contribution is 5.94. The van der Waals surface area contributed by atoms with Gasteiger partial charge in [-0.05, 0) is 18.6 Å². The first-order chi connectivity index (χ1) is 8.20. The lowest BCUT2D eigenvalue weighted by Crippen LogP contribution is -2.23. The Morgan fingerprint density at radius 3 is 3.06 bits per heavy atom. The van der Waals surface area contributed by atoms with Crippen molar-refractivity contribution in [2.24, 2.45) is 5.92 Å². The summed E-state index contributed by atoms with van der Waals surface area (Å²) in [5.41, 5.74) is 6.88. The third kappa shape index (κ3) is 2.68. The van der Waals surface area contributed by atoms with Gasteiger partial charge >= 0.3 is 0 Å². The van der Waals surface area contributed by atoms with Crippen LogP contribution in [0.2, 0.25) is 0 Å². The second kappa shape index (κ2) is 5.05. The Labute approximate surface area is 99.9 Å². The Morgan fingerprint density at radius 1 is 1.59 bits per heavy atom. The van der Waals surface area contributed by atoms with Gasteiger partial charge in [0.05, 0.1) is 25.3 Å². The van der Waals surface area contributed by atoms with E-state index in [4.69, 9.17) is 15.2 Å². The molecule has 1 aliphatic heterocycles. The van der Waals surface area contributed by atoms with E-state index in [1.165, 1.54) is 0 Å². The van der Waals surface area contributed by atoms with E-state index in [-0.39, 0.29) is 11.8 Å². The maximum Gasteiger partial charge on any atom is 0.230 e. The molecule has 1 fully saturated rings. The molecule has 1 saturated heterocycles. The summed E-state index contributed by atoms with van der Waals surface area (Å²) >= 11 is 0. The van der Waals surface area contributed by atoms with Crippen LogP contribution < -0.4 is 15.8 Å². The Hall–Kier alpha value is -1.75. The summed E-state index contributed by atoms with van der Waals surface area (Å²) in [7, 11) is 1.54. The Morgan fingerprint density at radius 2 is 2.41 bits per heavy atom. The van der Waals surface area contributed by atoms with Gasteiger partial charge in [-0.2, -0.15) is 0 Å². The summed E-state index contributed by atoms with van der Waals surface area (Å²) < 4.78 is 10.3. The molecule has 5 nitrogen and oxygen atoms in total. The Bertz CT molecular complexity index is 414. The number of anilines is 2. The zero-order valence-electron chi connectivity index (χ0n) is 9.73. The van der Waals surface area contributed by atoms with E-state index >= 15 is 0 Å². The quantitative estimate of drug-likeness (QED) is 0.775. The molecule has 5 heteroatoms. The van der Waals surface area contributed by atoms with Gasteiger partial charge in [-0.1, -0.05) is 0 Å². The summed E-state index contributed by atoms with van der Waals surface area (Å²) in [5, 5.41) is 2.83. The molecular formula is C12H16N2O3. The number of carbonyl (C=O) groups is 1. The van der Waals surface area contributed by atoms with Crippen LogP contribution >= 0.6 is 0 Å². The largest absolute Gasteiger partial charge is 0.494 e. The molecule has 1 aromatic carbocycles. The van der Waals surface area contributed by atoms with Gasteiger partial charge < -0.3 is 20.5 Å². The molecule has 1 heterocycles. The first-order valence-corrected chi connectivity index (χ1v) is 5.53. The number of nitrogens with one attached hydrogen (secondary N) is 1. The maximum atomic E-state index is 11.9. The molecule has 0 bridgehead atoms. The third-order valence-electron chi connectivity index (χ3n) is 2.78. The van der Waals surface area contributed by atoms with Gasteiger partial charge in [0.1, 0.15) is 5.75 Å². The highest BCUT2D eigenvalue weighted by Gasteiger charge is 2.24. The summed E-state index contributed by atoms with van der Waals surface area (Å²) in [6.07, 6.45) is 0.767. The number of nitrogens with two attached hydrogens (primary N) is 1. The predicted molar refractivity (Wildman–Crippen MR) is 65.0 cm³/mol. The van der Waals surface area contributed by atoms with Crippen LogP contribution in [0, 0.1) is 5.92 Å². The van der Waals surface area contributed by atoms with Gasteiger partial charge in [-0.15, -0.1) is 0 Å². The van der Waals surface area contributed by atoms with Gasteiger partial charge in [0, 0.05) is 18.4 Å². The normalized spacial score (nSPS) is 19.0. The molecule has 3 N–H and O–H groups in total. The molecule has 0 aromatic heterocycles. The fourth-order valence-electron chi connectivity index (χ4n) is 1.79. The molecule has 0 saturated carbocycles. The van der Waals surface area contributed by atoms with E-state index < -0.39 is 0 Å². The van der Waals surface area contributed by atoms with Crippen molar-refractivity contribution >= 4 is 17.3 Å². The highest BCUT2D eigenvalue weighted by atomic mass is 16.5. The fraction of sp³-hybridized carbons (Fsp3) is 0.417. The minimum atomic E-state index is -0.0720. The number of amides is 1. The second-order valence-electron chi connectivity index (χ2n) is 4.01. The number of nitrogen functional groups attached to an aromatic ring is 1. The Balaban J connectivity index is 2.09. The third-order valence-corrected chi connectivity index (χ3v) is 2.78. The topological polar surface area (TPSA) is 73.6 Å². The molecule has 0 aliphatic carbocycles. The molecule has 1 atom stereocenters. The molecule has 92 valence electrons. The molecule has 1 unspecified atom stereocenters. The van der Waals surface area contributed by atoms with Crippen LogP contribution in [0.1, 0.15) is 6.42 Å². The number of hydrogen-bond donors (Lipinski definition) is 2. The number of methoxy groups -OCH3 is 1. The molecule has 0 spiro atoms. The molecular weight excluding hydrogens is 220 g/mol. The van der Waals surface area contributed by atoms with Crippen molar-refractivity contribution in [3.05, 3.63) is 18.2 Å². The zero-order valence-corrected chi connectivity index (χ0v) is 9.73. The molecule has 0 radical (unpaired) electrons. The van der Waals surface area contributed by atoms with E-state index in [2.05, 4.69) is 5.32 Å². The van der Waals surface area contributed by atoms with Crippen molar-refractivity contribution in [3.8, 4) is 5.75 Å². The van der Waals surface area contributed by atoms with Crippen molar-refractivity contribution in [1.82, 2.24) is 0 Å². The van der Waals surface area contributed by atoms with Crippen molar-refractivity contribution in [2.45, 2.75) is 6.42 Å². The molecule has 1 aromatic rings. The van der Waals surface area contributed by atoms with Crippen molar-refractivity contribution in [2.75, 3.05) is 31.4 Å². The van der Waals surface area contributed by atoms with Crippen LogP contribution in [0.15, 0.2) is 18.2 Å². The van der Waals surface area contributed by atoms with Crippen LogP contribution in [0.4, 0.5) is 11.4 Å². The van der Waals surface area contributed by atoms with Crippen LogP contribution in [0.25, 0.3) is 0 Å². The number of carbonyl (C=O) groups excluding carboxylic acids is 1. The second-order valence-corrected chi connectivity index (χ2v) is 4.01. The van der Waals surface area contributed by atoms with Crippen molar-refractivity contribution < 1.29 is 14.3 Å². The lowest BCUT2D eigenvalue weighted by Gasteiger charge is -2.13. The van der Waals surface area contributed by atoms with E-state index in [1.807, 2.05) is 0 Å². The van der Waals surface area contributed by atoms with Gasteiger partial charge in [0.15, 0.2) is 0 Å². The molecule has 1 aliphatic rings. The fourth-order valence-corrected chi connectivity index (χ4v) is 1.79. The SMILES string of the molecule is COc1cc(N)ccc1NC(=O)C1CCOC1.